The lowest BCUT2D eigenvalue weighted by Gasteiger charge is -2.14. The number of fused-ring (bicyclic) bond motifs is 1. The van der Waals surface area contributed by atoms with E-state index in [9.17, 15) is 9.18 Å². The Morgan fingerprint density at radius 1 is 1.50 bits per heavy atom. The number of ether oxygens (including phenoxy) is 1. The molecule has 0 amide bonds. The van der Waals surface area contributed by atoms with Crippen molar-refractivity contribution in [1.82, 2.24) is 9.55 Å². The zero-order valence-corrected chi connectivity index (χ0v) is 11.6. The molecule has 0 saturated heterocycles. The third-order valence-corrected chi connectivity index (χ3v) is 3.91. The molecule has 1 aliphatic rings. The van der Waals surface area contributed by atoms with Crippen LogP contribution in [0.25, 0.3) is 11.0 Å². The van der Waals surface area contributed by atoms with Crippen LogP contribution in [0.15, 0.2) is 18.2 Å². The summed E-state index contributed by atoms with van der Waals surface area (Å²) in [6.45, 7) is 2.76. The van der Waals surface area contributed by atoms with E-state index in [1.54, 1.807) is 6.07 Å². The van der Waals surface area contributed by atoms with Crippen molar-refractivity contribution in [1.29, 1.82) is 0 Å². The van der Waals surface area contributed by atoms with Gasteiger partial charge in [-0.15, -0.1) is 0 Å². The average molecular weight is 276 g/mol. The van der Waals surface area contributed by atoms with Crippen molar-refractivity contribution < 1.29 is 13.9 Å². The Hall–Kier alpha value is -1.91. The number of aromatic nitrogens is 2. The topological polar surface area (TPSA) is 44.1 Å². The van der Waals surface area contributed by atoms with Crippen molar-refractivity contribution in [3.8, 4) is 0 Å². The van der Waals surface area contributed by atoms with Gasteiger partial charge in [0, 0.05) is 6.54 Å². The maximum atomic E-state index is 13.5. The van der Waals surface area contributed by atoms with Gasteiger partial charge in [-0.25, -0.2) is 9.37 Å². The molecule has 1 aliphatic carbocycles. The lowest BCUT2D eigenvalue weighted by Crippen LogP contribution is -2.26. The molecule has 0 atom stereocenters. The number of halogens is 1. The standard InChI is InChI=1S/C15H17FN2O2/c1-3-8-18-12-9-10(16)4-5-11(12)17-13(18)15(6-7-15)14(19)20-2/h4-5,9H,3,6-8H2,1-2H3. The summed E-state index contributed by atoms with van der Waals surface area (Å²) in [4.78, 5) is 16.6. The Morgan fingerprint density at radius 3 is 2.85 bits per heavy atom. The van der Waals surface area contributed by atoms with Gasteiger partial charge in [-0.1, -0.05) is 6.92 Å². The van der Waals surface area contributed by atoms with E-state index in [2.05, 4.69) is 4.98 Å². The quantitative estimate of drug-likeness (QED) is 0.807. The summed E-state index contributed by atoms with van der Waals surface area (Å²) in [5.74, 6) is 0.182. The molecule has 1 saturated carbocycles. The van der Waals surface area contributed by atoms with Crippen LogP contribution in [0.4, 0.5) is 4.39 Å². The highest BCUT2D eigenvalue weighted by Crippen LogP contribution is 2.49. The number of benzene rings is 1. The molecule has 2 aromatic rings. The zero-order valence-electron chi connectivity index (χ0n) is 11.6. The van der Waals surface area contributed by atoms with Gasteiger partial charge in [-0.2, -0.15) is 0 Å². The van der Waals surface area contributed by atoms with Crippen molar-refractivity contribution >= 4 is 17.0 Å². The third kappa shape index (κ3) is 1.80. The van der Waals surface area contributed by atoms with Gasteiger partial charge in [0.15, 0.2) is 0 Å². The first kappa shape index (κ1) is 13.1. The summed E-state index contributed by atoms with van der Waals surface area (Å²) in [7, 11) is 1.40. The highest BCUT2D eigenvalue weighted by molar-refractivity contribution is 5.87. The van der Waals surface area contributed by atoms with Gasteiger partial charge in [-0.3, -0.25) is 4.79 Å². The number of hydrogen-bond donors (Lipinski definition) is 0. The average Bonchev–Trinajstić information content (AvgIpc) is 3.18. The van der Waals surface area contributed by atoms with Crippen LogP contribution in [0.1, 0.15) is 32.0 Å². The molecule has 0 N–H and O–H groups in total. The summed E-state index contributed by atoms with van der Waals surface area (Å²) in [5.41, 5.74) is 0.849. The lowest BCUT2D eigenvalue weighted by molar-refractivity contribution is -0.144. The normalized spacial score (nSPS) is 16.4. The molecule has 0 aliphatic heterocycles. The molecule has 0 bridgehead atoms. The van der Waals surface area contributed by atoms with E-state index >= 15 is 0 Å². The number of imidazole rings is 1. The lowest BCUT2D eigenvalue weighted by atomic mass is 10.1. The maximum Gasteiger partial charge on any atom is 0.319 e. The number of methoxy groups -OCH3 is 1. The van der Waals surface area contributed by atoms with E-state index in [0.29, 0.717) is 12.4 Å². The highest BCUT2D eigenvalue weighted by atomic mass is 19.1. The van der Waals surface area contributed by atoms with Crippen molar-refractivity contribution in [2.75, 3.05) is 7.11 Å². The van der Waals surface area contributed by atoms with E-state index in [-0.39, 0.29) is 11.8 Å². The molecule has 5 heteroatoms. The Morgan fingerprint density at radius 2 is 2.25 bits per heavy atom. The fourth-order valence-corrected chi connectivity index (χ4v) is 2.75. The second kappa shape index (κ2) is 4.58. The minimum Gasteiger partial charge on any atom is -0.468 e. The van der Waals surface area contributed by atoms with E-state index in [1.807, 2.05) is 11.5 Å². The van der Waals surface area contributed by atoms with Crippen molar-refractivity contribution in [3.05, 3.63) is 29.8 Å². The van der Waals surface area contributed by atoms with Gasteiger partial charge < -0.3 is 9.30 Å². The van der Waals surface area contributed by atoms with Gasteiger partial charge in [0.1, 0.15) is 17.1 Å². The monoisotopic (exact) mass is 276 g/mol. The Balaban J connectivity index is 2.20. The molecule has 1 aromatic carbocycles. The number of nitrogens with zero attached hydrogens (tertiary/aromatic N) is 2. The molecular formula is C15H17FN2O2. The summed E-state index contributed by atoms with van der Waals surface area (Å²) >= 11 is 0. The molecule has 4 nitrogen and oxygen atoms in total. The van der Waals surface area contributed by atoms with Crippen LogP contribution >= 0.6 is 0 Å². The van der Waals surface area contributed by atoms with Crippen molar-refractivity contribution in [2.24, 2.45) is 0 Å². The van der Waals surface area contributed by atoms with Crippen molar-refractivity contribution in [3.63, 3.8) is 0 Å². The molecule has 0 unspecified atom stereocenters. The first-order valence-corrected chi connectivity index (χ1v) is 6.87. The molecular weight excluding hydrogens is 259 g/mol. The minimum absolute atomic E-state index is 0.245. The second-order valence-electron chi connectivity index (χ2n) is 5.29. The van der Waals surface area contributed by atoms with Crippen LogP contribution in [0, 0.1) is 5.82 Å². The number of hydrogen-bond acceptors (Lipinski definition) is 3. The second-order valence-corrected chi connectivity index (χ2v) is 5.29. The summed E-state index contributed by atoms with van der Waals surface area (Å²) in [5, 5.41) is 0. The molecule has 106 valence electrons. The van der Waals surface area contributed by atoms with Crippen LogP contribution in [0.3, 0.4) is 0 Å². The van der Waals surface area contributed by atoms with Gasteiger partial charge in [0.05, 0.1) is 18.1 Å². The largest absolute Gasteiger partial charge is 0.468 e. The first-order chi connectivity index (χ1) is 9.62. The minimum atomic E-state index is -0.626. The predicted octanol–water partition coefficient (Wildman–Crippen LogP) is 2.79. The van der Waals surface area contributed by atoms with Crippen molar-refractivity contribution in [2.45, 2.75) is 38.1 Å². The van der Waals surface area contributed by atoms with Gasteiger partial charge in [-0.05, 0) is 37.5 Å². The smallest absolute Gasteiger partial charge is 0.319 e. The van der Waals surface area contributed by atoms with Gasteiger partial charge in [0.2, 0.25) is 0 Å². The Bertz CT molecular complexity index is 674. The first-order valence-electron chi connectivity index (χ1n) is 6.87. The summed E-state index contributed by atoms with van der Waals surface area (Å²) in [6, 6.07) is 4.54. The molecule has 3 rings (SSSR count). The Kier molecular flexibility index (Phi) is 3.00. The molecule has 0 spiro atoms. The SMILES string of the molecule is CCCn1c(C2(C(=O)OC)CC2)nc2ccc(F)cc21. The van der Waals surface area contributed by atoms with Gasteiger partial charge in [0.25, 0.3) is 0 Å². The molecule has 1 fully saturated rings. The Labute approximate surface area is 116 Å². The van der Waals surface area contributed by atoms with Crippen LogP contribution in [0.5, 0.6) is 0 Å². The maximum absolute atomic E-state index is 13.5. The zero-order chi connectivity index (χ0) is 14.3. The number of carbonyl (C=O) groups is 1. The number of esters is 1. The van der Waals surface area contributed by atoms with Crippen LogP contribution in [0.2, 0.25) is 0 Å². The number of carbonyl (C=O) groups excluding carboxylic acids is 1. The summed E-state index contributed by atoms with van der Waals surface area (Å²) < 4.78 is 20.3. The van der Waals surface area contributed by atoms with Crippen LogP contribution in [-0.2, 0) is 21.5 Å². The van der Waals surface area contributed by atoms with E-state index in [0.717, 1.165) is 30.3 Å². The van der Waals surface area contributed by atoms with E-state index in [4.69, 9.17) is 4.74 Å². The third-order valence-electron chi connectivity index (χ3n) is 3.91. The van der Waals surface area contributed by atoms with Crippen LogP contribution in [-0.4, -0.2) is 22.6 Å². The number of rotatable bonds is 4. The van der Waals surface area contributed by atoms with E-state index in [1.165, 1.54) is 19.2 Å². The predicted molar refractivity (Wildman–Crippen MR) is 72.9 cm³/mol. The van der Waals surface area contributed by atoms with Gasteiger partial charge >= 0.3 is 5.97 Å². The van der Waals surface area contributed by atoms with E-state index < -0.39 is 5.41 Å². The fourth-order valence-electron chi connectivity index (χ4n) is 2.75. The molecule has 0 radical (unpaired) electrons. The fraction of sp³-hybridized carbons (Fsp3) is 0.467. The number of aryl methyl sites for hydroxylation is 1. The highest BCUT2D eigenvalue weighted by Gasteiger charge is 2.56. The van der Waals surface area contributed by atoms with Crippen LogP contribution < -0.4 is 0 Å². The molecule has 20 heavy (non-hydrogen) atoms. The summed E-state index contributed by atoms with van der Waals surface area (Å²) in [6.07, 6.45) is 2.39. The molecule has 1 aromatic heterocycles. The molecule has 1 heterocycles.